The number of amides is 1. The SMILES string of the molecule is Cc1c(Cl)cccc1-c1ccc([C@H]2[C@H](c3ccccn3)NC(=S)N2c2ccc(NC(=O)COc3ccccc3)cc2)o1. The van der Waals surface area contributed by atoms with E-state index in [1.54, 1.807) is 6.20 Å². The molecule has 210 valence electrons. The summed E-state index contributed by atoms with van der Waals surface area (Å²) in [6.07, 6.45) is 1.77. The summed E-state index contributed by atoms with van der Waals surface area (Å²) >= 11 is 12.2. The third-order valence-electron chi connectivity index (χ3n) is 7.09. The number of anilines is 2. The molecule has 1 aliphatic rings. The van der Waals surface area contributed by atoms with E-state index >= 15 is 0 Å². The molecule has 9 heteroatoms. The van der Waals surface area contributed by atoms with Crippen molar-refractivity contribution in [3.63, 3.8) is 0 Å². The van der Waals surface area contributed by atoms with Crippen molar-refractivity contribution in [3.8, 4) is 17.1 Å². The predicted molar refractivity (Wildman–Crippen MR) is 169 cm³/mol. The molecule has 1 amide bonds. The zero-order valence-corrected chi connectivity index (χ0v) is 24.2. The molecule has 2 aromatic heterocycles. The molecule has 5 aromatic rings. The van der Waals surface area contributed by atoms with Crippen molar-refractivity contribution in [2.24, 2.45) is 0 Å². The molecule has 42 heavy (non-hydrogen) atoms. The van der Waals surface area contributed by atoms with Gasteiger partial charge in [-0.15, -0.1) is 0 Å². The summed E-state index contributed by atoms with van der Waals surface area (Å²) in [6.45, 7) is 1.88. The summed E-state index contributed by atoms with van der Waals surface area (Å²) < 4.78 is 12.0. The number of ether oxygens (including phenoxy) is 1. The molecule has 6 rings (SSSR count). The topological polar surface area (TPSA) is 79.6 Å². The van der Waals surface area contributed by atoms with Crippen LogP contribution in [0.4, 0.5) is 11.4 Å². The third-order valence-corrected chi connectivity index (χ3v) is 7.82. The molecule has 0 saturated carbocycles. The van der Waals surface area contributed by atoms with Gasteiger partial charge in [0.1, 0.15) is 23.3 Å². The fraction of sp³-hybridized carbons (Fsp3) is 0.121. The van der Waals surface area contributed by atoms with Crippen LogP contribution in [0, 0.1) is 6.92 Å². The Morgan fingerprint density at radius 3 is 2.55 bits per heavy atom. The second kappa shape index (κ2) is 12.1. The minimum atomic E-state index is -0.319. The van der Waals surface area contributed by atoms with Gasteiger partial charge in [0.15, 0.2) is 11.7 Å². The van der Waals surface area contributed by atoms with Gasteiger partial charge in [-0.1, -0.05) is 48.0 Å². The lowest BCUT2D eigenvalue weighted by Crippen LogP contribution is -2.29. The highest BCUT2D eigenvalue weighted by atomic mass is 35.5. The number of nitrogens with zero attached hydrogens (tertiary/aromatic N) is 2. The molecule has 1 fully saturated rings. The summed E-state index contributed by atoms with van der Waals surface area (Å²) in [5.74, 6) is 1.83. The number of halogens is 1. The average molecular weight is 595 g/mol. The van der Waals surface area contributed by atoms with Gasteiger partial charge in [-0.05, 0) is 91.4 Å². The van der Waals surface area contributed by atoms with Gasteiger partial charge in [0.25, 0.3) is 5.91 Å². The van der Waals surface area contributed by atoms with Crippen LogP contribution in [0.1, 0.15) is 29.1 Å². The second-order valence-corrected chi connectivity index (χ2v) is 10.6. The lowest BCUT2D eigenvalue weighted by atomic mass is 10.0. The average Bonchev–Trinajstić information content (AvgIpc) is 3.63. The monoisotopic (exact) mass is 594 g/mol. The minimum absolute atomic E-state index is 0.0906. The van der Waals surface area contributed by atoms with Gasteiger partial charge in [-0.2, -0.15) is 0 Å². The number of thiocarbonyl (C=S) groups is 1. The van der Waals surface area contributed by atoms with Crippen molar-refractivity contribution in [1.82, 2.24) is 10.3 Å². The summed E-state index contributed by atoms with van der Waals surface area (Å²) in [5, 5.41) is 7.55. The van der Waals surface area contributed by atoms with Crippen molar-refractivity contribution >= 4 is 46.2 Å². The standard InChI is InChI=1S/C33H27ClN4O3S/c1-21-25(10-7-11-26(21)34)28-17-18-29(41-28)32-31(27-12-5-6-19-35-27)37-33(42)38(32)23-15-13-22(14-16-23)36-30(39)20-40-24-8-3-2-4-9-24/h2-19,31-32H,20H2,1H3,(H,36,39)(H,37,42)/t31-,32-/m0/s1. The number of para-hydroxylation sites is 1. The number of furan rings is 1. The number of carbonyl (C=O) groups excluding carboxylic acids is 1. The van der Waals surface area contributed by atoms with E-state index in [4.69, 9.17) is 33.0 Å². The van der Waals surface area contributed by atoms with E-state index in [-0.39, 0.29) is 24.6 Å². The number of hydrogen-bond donors (Lipinski definition) is 2. The van der Waals surface area contributed by atoms with Crippen LogP contribution in [0.5, 0.6) is 5.75 Å². The molecule has 2 N–H and O–H groups in total. The van der Waals surface area contributed by atoms with Crippen molar-refractivity contribution in [2.45, 2.75) is 19.0 Å². The Hall–Kier alpha value is -4.66. The summed E-state index contributed by atoms with van der Waals surface area (Å²) in [4.78, 5) is 19.1. The second-order valence-electron chi connectivity index (χ2n) is 9.81. The van der Waals surface area contributed by atoms with Crippen molar-refractivity contribution in [3.05, 3.63) is 131 Å². The van der Waals surface area contributed by atoms with Crippen LogP contribution in [-0.4, -0.2) is 22.6 Å². The van der Waals surface area contributed by atoms with Crippen LogP contribution in [0.2, 0.25) is 5.02 Å². The van der Waals surface area contributed by atoms with E-state index in [0.717, 1.165) is 34.0 Å². The maximum atomic E-state index is 12.5. The maximum Gasteiger partial charge on any atom is 0.262 e. The van der Waals surface area contributed by atoms with Crippen molar-refractivity contribution < 1.29 is 13.9 Å². The highest BCUT2D eigenvalue weighted by Crippen LogP contribution is 2.43. The molecule has 0 unspecified atom stereocenters. The Bertz CT molecular complexity index is 1710. The molecule has 3 heterocycles. The van der Waals surface area contributed by atoms with Crippen LogP contribution in [-0.2, 0) is 4.79 Å². The zero-order chi connectivity index (χ0) is 29.1. The van der Waals surface area contributed by atoms with Crippen LogP contribution in [0.25, 0.3) is 11.3 Å². The summed E-state index contributed by atoms with van der Waals surface area (Å²) in [7, 11) is 0. The molecule has 0 aliphatic carbocycles. The smallest absolute Gasteiger partial charge is 0.262 e. The number of carbonyl (C=O) groups is 1. The largest absolute Gasteiger partial charge is 0.484 e. The Labute approximate surface area is 254 Å². The van der Waals surface area contributed by atoms with Crippen LogP contribution >= 0.6 is 23.8 Å². The number of aromatic nitrogens is 1. The first-order chi connectivity index (χ1) is 20.5. The lowest BCUT2D eigenvalue weighted by molar-refractivity contribution is -0.118. The number of pyridine rings is 1. The fourth-order valence-electron chi connectivity index (χ4n) is 5.02. The number of benzene rings is 3. The van der Waals surface area contributed by atoms with Gasteiger partial charge in [0.05, 0.1) is 11.7 Å². The number of rotatable bonds is 8. The van der Waals surface area contributed by atoms with Crippen molar-refractivity contribution in [2.75, 3.05) is 16.8 Å². The first-order valence-corrected chi connectivity index (χ1v) is 14.2. The van der Waals surface area contributed by atoms with E-state index < -0.39 is 0 Å². The first-order valence-electron chi connectivity index (χ1n) is 13.4. The fourth-order valence-corrected chi connectivity index (χ4v) is 5.54. The van der Waals surface area contributed by atoms with Gasteiger partial charge in [0, 0.05) is 28.2 Å². The maximum absolute atomic E-state index is 12.5. The van der Waals surface area contributed by atoms with E-state index in [0.29, 0.717) is 21.6 Å². The van der Waals surface area contributed by atoms with Gasteiger partial charge >= 0.3 is 0 Å². The normalized spacial score (nSPS) is 16.2. The Morgan fingerprint density at radius 1 is 1.00 bits per heavy atom. The number of nitrogens with one attached hydrogen (secondary N) is 2. The molecule has 1 saturated heterocycles. The van der Waals surface area contributed by atoms with E-state index in [9.17, 15) is 4.79 Å². The Kier molecular flexibility index (Phi) is 7.90. The molecule has 7 nitrogen and oxygen atoms in total. The van der Waals surface area contributed by atoms with Gasteiger partial charge in [-0.25, -0.2) is 0 Å². The highest BCUT2D eigenvalue weighted by molar-refractivity contribution is 7.80. The molecule has 1 aliphatic heterocycles. The van der Waals surface area contributed by atoms with Gasteiger partial charge in [-0.3, -0.25) is 9.78 Å². The van der Waals surface area contributed by atoms with Gasteiger partial charge < -0.3 is 24.7 Å². The zero-order valence-electron chi connectivity index (χ0n) is 22.7. The summed E-state index contributed by atoms with van der Waals surface area (Å²) in [5.41, 5.74) is 4.20. The Morgan fingerprint density at radius 2 is 1.79 bits per heavy atom. The minimum Gasteiger partial charge on any atom is -0.484 e. The number of hydrogen-bond acceptors (Lipinski definition) is 5. The van der Waals surface area contributed by atoms with Crippen LogP contribution in [0.3, 0.4) is 0 Å². The third kappa shape index (κ3) is 5.72. The van der Waals surface area contributed by atoms with E-state index in [1.807, 2.05) is 115 Å². The first kappa shape index (κ1) is 27.5. The van der Waals surface area contributed by atoms with Gasteiger partial charge in [0.2, 0.25) is 0 Å². The molecule has 0 bridgehead atoms. The molecule has 2 atom stereocenters. The van der Waals surface area contributed by atoms with E-state index in [2.05, 4.69) is 15.6 Å². The lowest BCUT2D eigenvalue weighted by Gasteiger charge is -2.26. The quantitative estimate of drug-likeness (QED) is 0.180. The van der Waals surface area contributed by atoms with Crippen LogP contribution < -0.4 is 20.3 Å². The highest BCUT2D eigenvalue weighted by Gasteiger charge is 2.42. The predicted octanol–water partition coefficient (Wildman–Crippen LogP) is 7.50. The van der Waals surface area contributed by atoms with E-state index in [1.165, 1.54) is 0 Å². The molecular weight excluding hydrogens is 568 g/mol. The molecule has 0 radical (unpaired) electrons. The Balaban J connectivity index is 1.27. The van der Waals surface area contributed by atoms with Crippen molar-refractivity contribution in [1.29, 1.82) is 0 Å². The molecular formula is C33H27ClN4O3S. The summed E-state index contributed by atoms with van der Waals surface area (Å²) in [6, 6.07) is 31.7. The molecule has 3 aromatic carbocycles. The van der Waals surface area contributed by atoms with Crippen LogP contribution in [0.15, 0.2) is 114 Å². The molecule has 0 spiro atoms.